The Balaban J connectivity index is 3.37. The molecule has 0 saturated heterocycles. The quantitative estimate of drug-likeness (QED) is 0.763. The van der Waals surface area contributed by atoms with Gasteiger partial charge in [0, 0.05) is 10.7 Å². The third-order valence-electron chi connectivity index (χ3n) is 1.64. The lowest BCUT2D eigenvalue weighted by Crippen LogP contribution is -1.99. The van der Waals surface area contributed by atoms with Crippen molar-refractivity contribution < 1.29 is 13.2 Å². The minimum Gasteiger partial charge on any atom is -0.492 e. The molecule has 15 heavy (non-hydrogen) atoms. The number of rotatable bonds is 3. The fourth-order valence-electron chi connectivity index (χ4n) is 1.04. The van der Waals surface area contributed by atoms with Gasteiger partial charge < -0.3 is 4.74 Å². The summed E-state index contributed by atoms with van der Waals surface area (Å²) in [6.07, 6.45) is 0. The summed E-state index contributed by atoms with van der Waals surface area (Å²) in [5, 5.41) is 8.62. The van der Waals surface area contributed by atoms with Gasteiger partial charge in [-0.2, -0.15) is 5.26 Å². The molecule has 0 unspecified atom stereocenters. The van der Waals surface area contributed by atoms with Crippen molar-refractivity contribution in [3.05, 3.63) is 23.8 Å². The monoisotopic (exact) mass is 245 g/mol. The highest BCUT2D eigenvalue weighted by Gasteiger charge is 2.17. The first kappa shape index (κ1) is 11.8. The normalized spacial score (nSPS) is 10.7. The van der Waals surface area contributed by atoms with E-state index in [0.29, 0.717) is 6.61 Å². The van der Waals surface area contributed by atoms with Crippen LogP contribution in [0.1, 0.15) is 12.5 Å². The Morgan fingerprint density at radius 1 is 1.53 bits per heavy atom. The van der Waals surface area contributed by atoms with Crippen LogP contribution in [-0.4, -0.2) is 15.0 Å². The number of benzene rings is 1. The van der Waals surface area contributed by atoms with Crippen LogP contribution in [0.15, 0.2) is 23.1 Å². The molecule has 0 fully saturated rings. The lowest BCUT2D eigenvalue weighted by Gasteiger charge is -2.07. The average molecular weight is 246 g/mol. The van der Waals surface area contributed by atoms with Gasteiger partial charge in [-0.25, -0.2) is 8.42 Å². The van der Waals surface area contributed by atoms with Gasteiger partial charge in [0.2, 0.25) is 0 Å². The summed E-state index contributed by atoms with van der Waals surface area (Å²) in [6.45, 7) is 2.05. The SMILES string of the molecule is CCOc1ccc(C#N)cc1S(=O)(=O)Cl. The Hall–Kier alpha value is -1.25. The number of hydrogen-bond acceptors (Lipinski definition) is 4. The Morgan fingerprint density at radius 3 is 2.67 bits per heavy atom. The highest BCUT2D eigenvalue weighted by Crippen LogP contribution is 2.27. The largest absolute Gasteiger partial charge is 0.492 e. The summed E-state index contributed by atoms with van der Waals surface area (Å²) in [6, 6.07) is 5.90. The third kappa shape index (κ3) is 2.85. The van der Waals surface area contributed by atoms with Gasteiger partial charge in [-0.15, -0.1) is 0 Å². The molecule has 0 spiro atoms. The Bertz CT molecular complexity index is 505. The molecule has 1 rings (SSSR count). The number of halogens is 1. The van der Waals surface area contributed by atoms with Crippen LogP contribution in [0.25, 0.3) is 0 Å². The van der Waals surface area contributed by atoms with Gasteiger partial charge in [0.25, 0.3) is 9.05 Å². The molecule has 0 aliphatic rings. The maximum atomic E-state index is 11.2. The molecule has 0 aliphatic heterocycles. The zero-order valence-corrected chi connectivity index (χ0v) is 9.47. The van der Waals surface area contributed by atoms with Crippen LogP contribution >= 0.6 is 10.7 Å². The van der Waals surface area contributed by atoms with Crippen molar-refractivity contribution in [3.63, 3.8) is 0 Å². The molecule has 0 bridgehead atoms. The molecular weight excluding hydrogens is 238 g/mol. The van der Waals surface area contributed by atoms with Gasteiger partial charge >= 0.3 is 0 Å². The number of nitrogens with zero attached hydrogens (tertiary/aromatic N) is 1. The van der Waals surface area contributed by atoms with Crippen LogP contribution in [-0.2, 0) is 9.05 Å². The van der Waals surface area contributed by atoms with Gasteiger partial charge in [0.15, 0.2) is 0 Å². The Kier molecular flexibility index (Phi) is 3.56. The van der Waals surface area contributed by atoms with E-state index < -0.39 is 9.05 Å². The smallest absolute Gasteiger partial charge is 0.265 e. The second kappa shape index (κ2) is 4.51. The topological polar surface area (TPSA) is 67.2 Å². The van der Waals surface area contributed by atoms with Gasteiger partial charge in [0.05, 0.1) is 18.2 Å². The van der Waals surface area contributed by atoms with Crippen molar-refractivity contribution in [2.75, 3.05) is 6.61 Å². The van der Waals surface area contributed by atoms with Crippen LogP contribution < -0.4 is 4.74 Å². The van der Waals surface area contributed by atoms with E-state index in [4.69, 9.17) is 20.7 Å². The van der Waals surface area contributed by atoms with E-state index >= 15 is 0 Å². The summed E-state index contributed by atoms with van der Waals surface area (Å²) in [5.74, 6) is 0.159. The number of nitriles is 1. The highest BCUT2D eigenvalue weighted by molar-refractivity contribution is 8.13. The van der Waals surface area contributed by atoms with E-state index in [9.17, 15) is 8.42 Å². The van der Waals surface area contributed by atoms with Gasteiger partial charge in [-0.3, -0.25) is 0 Å². The molecular formula is C9H8ClNO3S. The molecule has 1 aromatic rings. The Labute approximate surface area is 92.5 Å². The standard InChI is InChI=1S/C9H8ClNO3S/c1-2-14-8-4-3-7(6-11)5-9(8)15(10,12)13/h3-5H,2H2,1H3. The van der Waals surface area contributed by atoms with Crippen molar-refractivity contribution >= 4 is 19.7 Å². The maximum Gasteiger partial charge on any atom is 0.265 e. The molecule has 6 heteroatoms. The molecule has 0 N–H and O–H groups in total. The molecule has 0 aromatic heterocycles. The summed E-state index contributed by atoms with van der Waals surface area (Å²) in [7, 11) is 1.32. The summed E-state index contributed by atoms with van der Waals surface area (Å²) >= 11 is 0. The zero-order chi connectivity index (χ0) is 11.5. The molecule has 0 amide bonds. The van der Waals surface area contributed by atoms with Crippen molar-refractivity contribution in [2.45, 2.75) is 11.8 Å². The lowest BCUT2D eigenvalue weighted by atomic mass is 10.2. The summed E-state index contributed by atoms with van der Waals surface area (Å²) in [5.41, 5.74) is 0.220. The van der Waals surface area contributed by atoms with E-state index in [1.54, 1.807) is 6.92 Å². The van der Waals surface area contributed by atoms with Crippen LogP contribution in [0.2, 0.25) is 0 Å². The molecule has 0 radical (unpaired) electrons. The first-order chi connectivity index (χ1) is 6.99. The van der Waals surface area contributed by atoms with Crippen molar-refractivity contribution in [1.29, 1.82) is 5.26 Å². The third-order valence-corrected chi connectivity index (χ3v) is 2.98. The molecule has 1 aromatic carbocycles. The van der Waals surface area contributed by atoms with Gasteiger partial charge in [-0.05, 0) is 25.1 Å². The maximum absolute atomic E-state index is 11.2. The van der Waals surface area contributed by atoms with E-state index in [1.165, 1.54) is 18.2 Å². The zero-order valence-electron chi connectivity index (χ0n) is 7.90. The molecule has 0 heterocycles. The molecule has 80 valence electrons. The van der Waals surface area contributed by atoms with E-state index in [0.717, 1.165) is 0 Å². The minimum atomic E-state index is -3.89. The van der Waals surface area contributed by atoms with E-state index in [2.05, 4.69) is 0 Å². The predicted molar refractivity (Wildman–Crippen MR) is 55.4 cm³/mol. The van der Waals surface area contributed by atoms with E-state index in [-0.39, 0.29) is 16.2 Å². The molecule has 0 atom stereocenters. The highest BCUT2D eigenvalue weighted by atomic mass is 35.7. The van der Waals surface area contributed by atoms with Crippen LogP contribution in [0.3, 0.4) is 0 Å². The first-order valence-corrected chi connectivity index (χ1v) is 6.41. The Morgan fingerprint density at radius 2 is 2.20 bits per heavy atom. The van der Waals surface area contributed by atoms with Crippen LogP contribution in [0, 0.1) is 11.3 Å². The fourth-order valence-corrected chi connectivity index (χ4v) is 2.04. The van der Waals surface area contributed by atoms with Crippen molar-refractivity contribution in [2.24, 2.45) is 0 Å². The minimum absolute atomic E-state index is 0.159. The van der Waals surface area contributed by atoms with E-state index in [1.807, 2.05) is 6.07 Å². The summed E-state index contributed by atoms with van der Waals surface area (Å²) < 4.78 is 27.4. The van der Waals surface area contributed by atoms with Gasteiger partial charge in [0.1, 0.15) is 10.6 Å². The fraction of sp³-hybridized carbons (Fsp3) is 0.222. The average Bonchev–Trinajstić information content (AvgIpc) is 2.17. The molecule has 0 aliphatic carbocycles. The van der Waals surface area contributed by atoms with Crippen molar-refractivity contribution in [1.82, 2.24) is 0 Å². The lowest BCUT2D eigenvalue weighted by molar-refractivity contribution is 0.331. The number of ether oxygens (including phenoxy) is 1. The molecule has 0 saturated carbocycles. The summed E-state index contributed by atoms with van der Waals surface area (Å²) in [4.78, 5) is -0.176. The van der Waals surface area contributed by atoms with Crippen molar-refractivity contribution in [3.8, 4) is 11.8 Å². The first-order valence-electron chi connectivity index (χ1n) is 4.10. The second-order valence-corrected chi connectivity index (χ2v) is 5.18. The van der Waals surface area contributed by atoms with Crippen LogP contribution in [0.5, 0.6) is 5.75 Å². The second-order valence-electron chi connectivity index (χ2n) is 2.64. The van der Waals surface area contributed by atoms with Crippen LogP contribution in [0.4, 0.5) is 0 Å². The van der Waals surface area contributed by atoms with Gasteiger partial charge in [-0.1, -0.05) is 0 Å². The predicted octanol–water partition coefficient (Wildman–Crippen LogP) is 1.88. The number of hydrogen-bond donors (Lipinski definition) is 0. The molecule has 4 nitrogen and oxygen atoms in total.